The molecule has 0 heterocycles. The van der Waals surface area contributed by atoms with Gasteiger partial charge in [0.25, 0.3) is 0 Å². The molecule has 0 saturated heterocycles. The summed E-state index contributed by atoms with van der Waals surface area (Å²) < 4.78 is 14.5. The van der Waals surface area contributed by atoms with Crippen molar-refractivity contribution in [2.24, 2.45) is 29.4 Å². The first-order chi connectivity index (χ1) is 19.6. The summed E-state index contributed by atoms with van der Waals surface area (Å²) in [5, 5.41) is 7.82. The Morgan fingerprint density at radius 1 is 0.651 bits per heavy atom. The molecule has 0 unspecified atom stereocenters. The molecule has 1 aromatic carbocycles. The van der Waals surface area contributed by atoms with Gasteiger partial charge in [0.15, 0.2) is 0 Å². The third-order valence-corrected chi connectivity index (χ3v) is 6.30. The van der Waals surface area contributed by atoms with E-state index in [-0.39, 0.29) is 48.6 Å². The summed E-state index contributed by atoms with van der Waals surface area (Å²) in [4.78, 5) is 59.5. The molecule has 0 aliphatic carbocycles. The Hall–Kier alpha value is -3.38. The zero-order valence-corrected chi connectivity index (χ0v) is 27.8. The number of ether oxygens (including phenoxy) is 3. The fourth-order valence-corrected chi connectivity index (χ4v) is 3.47. The number of nitrogens with one attached hydrogen (secondary N) is 3. The Kier molecular flexibility index (Phi) is 20.7. The molecule has 3 amide bonds. The molecule has 0 aliphatic rings. The molecule has 0 aromatic heterocycles. The second-order valence-electron chi connectivity index (χ2n) is 11.2. The number of hydrogen-bond acceptors (Lipinski definition) is 9. The third-order valence-electron chi connectivity index (χ3n) is 6.30. The van der Waals surface area contributed by atoms with E-state index in [0.29, 0.717) is 0 Å². The van der Waals surface area contributed by atoms with Gasteiger partial charge in [0.05, 0.1) is 20.3 Å². The summed E-state index contributed by atoms with van der Waals surface area (Å²) in [5.41, 5.74) is 6.53. The number of alkyl carbamates (subject to hydrolysis) is 1. The van der Waals surface area contributed by atoms with Gasteiger partial charge in [-0.3, -0.25) is 9.59 Å². The number of rotatable bonds is 13. The maximum atomic E-state index is 12.5. The normalized spacial score (nSPS) is 13.4. The van der Waals surface area contributed by atoms with E-state index >= 15 is 0 Å². The maximum Gasteiger partial charge on any atom is 0.408 e. The molecular weight excluding hydrogens is 580 g/mol. The minimum absolute atomic E-state index is 0. The van der Waals surface area contributed by atoms with E-state index in [4.69, 9.17) is 15.2 Å². The van der Waals surface area contributed by atoms with Crippen LogP contribution in [0.5, 0.6) is 0 Å². The fourth-order valence-electron chi connectivity index (χ4n) is 3.47. The largest absolute Gasteiger partial charge is 0.467 e. The van der Waals surface area contributed by atoms with Crippen LogP contribution in [0.4, 0.5) is 4.79 Å². The summed E-state index contributed by atoms with van der Waals surface area (Å²) in [7, 11) is 2.56. The van der Waals surface area contributed by atoms with E-state index < -0.39 is 48.1 Å². The quantitative estimate of drug-likeness (QED) is 0.189. The highest BCUT2D eigenvalue weighted by molar-refractivity contribution is 5.90. The SMILES string of the molecule is COC(=O)[C@@H](NC(=O)[C@@H](N)C(C)C)C(C)C.COC(=O)[C@@H](NC(=O)[C@@H](NC(=O)OCc1ccccc1)C(C)C)C(C)C.Cl. The fraction of sp³-hybridized carbons (Fsp3) is 0.633. The predicted molar refractivity (Wildman–Crippen MR) is 166 cm³/mol. The van der Waals surface area contributed by atoms with E-state index in [1.54, 1.807) is 27.7 Å². The first-order valence-corrected chi connectivity index (χ1v) is 14.1. The van der Waals surface area contributed by atoms with Crippen molar-refractivity contribution < 1.29 is 38.2 Å². The smallest absolute Gasteiger partial charge is 0.408 e. The van der Waals surface area contributed by atoms with Crippen molar-refractivity contribution in [3.63, 3.8) is 0 Å². The zero-order valence-electron chi connectivity index (χ0n) is 27.0. The molecular formula is C30H51ClN4O8. The molecule has 0 saturated carbocycles. The van der Waals surface area contributed by atoms with Gasteiger partial charge in [-0.25, -0.2) is 14.4 Å². The van der Waals surface area contributed by atoms with Gasteiger partial charge < -0.3 is 35.9 Å². The van der Waals surface area contributed by atoms with Gasteiger partial charge in [0, 0.05) is 0 Å². The van der Waals surface area contributed by atoms with Gasteiger partial charge in [-0.1, -0.05) is 85.7 Å². The van der Waals surface area contributed by atoms with Crippen LogP contribution in [0.1, 0.15) is 61.0 Å². The van der Waals surface area contributed by atoms with Gasteiger partial charge >= 0.3 is 18.0 Å². The van der Waals surface area contributed by atoms with E-state index in [0.717, 1.165) is 5.56 Å². The second-order valence-corrected chi connectivity index (χ2v) is 11.2. The van der Waals surface area contributed by atoms with E-state index in [1.165, 1.54) is 14.2 Å². The molecule has 0 radical (unpaired) electrons. The van der Waals surface area contributed by atoms with Gasteiger partial charge in [0.2, 0.25) is 11.8 Å². The van der Waals surface area contributed by atoms with Gasteiger partial charge in [0.1, 0.15) is 24.7 Å². The van der Waals surface area contributed by atoms with Crippen molar-refractivity contribution in [1.29, 1.82) is 0 Å². The number of esters is 2. The van der Waals surface area contributed by atoms with Gasteiger partial charge in [-0.2, -0.15) is 0 Å². The standard InChI is InChI=1S/C19H28N2O5.C11H22N2O3.ClH/c1-12(2)15(17(22)20-16(13(3)4)18(23)25-5)21-19(24)26-11-14-9-7-6-8-10-14;1-6(2)8(12)10(14)13-9(7(3)4)11(15)16-5;/h6-10,12-13,15-16H,11H2,1-5H3,(H,20,22)(H,21,24);6-9H,12H2,1-5H3,(H,13,14);1H/t15-,16-;8-,9-;/m00./s1. The van der Waals surface area contributed by atoms with Crippen molar-refractivity contribution in [1.82, 2.24) is 16.0 Å². The monoisotopic (exact) mass is 630 g/mol. The van der Waals surface area contributed by atoms with Crippen LogP contribution in [0.3, 0.4) is 0 Å². The molecule has 12 nitrogen and oxygen atoms in total. The molecule has 1 aromatic rings. The number of carbonyl (C=O) groups excluding carboxylic acids is 5. The lowest BCUT2D eigenvalue weighted by molar-refractivity contribution is -0.147. The Bertz CT molecular complexity index is 1010. The van der Waals surface area contributed by atoms with Crippen molar-refractivity contribution >= 4 is 42.3 Å². The van der Waals surface area contributed by atoms with Crippen LogP contribution in [0.15, 0.2) is 30.3 Å². The number of hydrogen-bond donors (Lipinski definition) is 4. The lowest BCUT2D eigenvalue weighted by atomic mass is 10.0. The van der Waals surface area contributed by atoms with Gasteiger partial charge in [-0.15, -0.1) is 12.4 Å². The minimum Gasteiger partial charge on any atom is -0.467 e. The number of carbonyl (C=O) groups is 5. The Balaban J connectivity index is 0. The number of halogens is 1. The maximum absolute atomic E-state index is 12.5. The van der Waals surface area contributed by atoms with Crippen LogP contribution in [0.2, 0.25) is 0 Å². The van der Waals surface area contributed by atoms with Crippen molar-refractivity contribution in [3.05, 3.63) is 35.9 Å². The highest BCUT2D eigenvalue weighted by Gasteiger charge is 2.31. The summed E-state index contributed by atoms with van der Waals surface area (Å²) in [6.45, 7) is 14.7. The Morgan fingerprint density at radius 3 is 1.44 bits per heavy atom. The van der Waals surface area contributed by atoms with Crippen molar-refractivity contribution in [2.45, 2.75) is 86.2 Å². The first kappa shape index (κ1) is 41.8. The van der Waals surface area contributed by atoms with Crippen molar-refractivity contribution in [3.8, 4) is 0 Å². The molecule has 43 heavy (non-hydrogen) atoms. The summed E-state index contributed by atoms with van der Waals surface area (Å²) in [5.74, 6) is -2.09. The summed E-state index contributed by atoms with van der Waals surface area (Å²) in [6.07, 6.45) is -0.693. The number of amides is 3. The first-order valence-electron chi connectivity index (χ1n) is 14.1. The molecule has 4 atom stereocenters. The van der Waals surface area contributed by atoms with E-state index in [2.05, 4.69) is 20.7 Å². The topological polar surface area (TPSA) is 175 Å². The van der Waals surface area contributed by atoms with Crippen molar-refractivity contribution in [2.75, 3.05) is 14.2 Å². The molecule has 13 heteroatoms. The number of nitrogens with two attached hydrogens (primary N) is 1. The molecule has 246 valence electrons. The lowest BCUT2D eigenvalue weighted by Gasteiger charge is -2.25. The molecule has 0 bridgehead atoms. The second kappa shape index (κ2) is 21.3. The predicted octanol–water partition coefficient (Wildman–Crippen LogP) is 2.96. The van der Waals surface area contributed by atoms with E-state index in [1.807, 2.05) is 58.0 Å². The highest BCUT2D eigenvalue weighted by atomic mass is 35.5. The average molecular weight is 631 g/mol. The number of methoxy groups -OCH3 is 2. The lowest BCUT2D eigenvalue weighted by Crippen LogP contribution is -2.55. The van der Waals surface area contributed by atoms with E-state index in [9.17, 15) is 24.0 Å². The van der Waals surface area contributed by atoms with Crippen LogP contribution in [-0.4, -0.2) is 68.2 Å². The molecule has 1 rings (SSSR count). The molecule has 5 N–H and O–H groups in total. The Labute approximate surface area is 261 Å². The van der Waals surface area contributed by atoms with Crippen LogP contribution < -0.4 is 21.7 Å². The van der Waals surface area contributed by atoms with Crippen LogP contribution in [0, 0.1) is 23.7 Å². The van der Waals surface area contributed by atoms with Crippen LogP contribution >= 0.6 is 12.4 Å². The van der Waals surface area contributed by atoms with Crippen LogP contribution in [-0.2, 0) is 40.0 Å². The van der Waals surface area contributed by atoms with Crippen LogP contribution in [0.25, 0.3) is 0 Å². The Morgan fingerprint density at radius 2 is 1.07 bits per heavy atom. The molecule has 0 aliphatic heterocycles. The third kappa shape index (κ3) is 15.6. The summed E-state index contributed by atoms with van der Waals surface area (Å²) in [6, 6.07) is 6.38. The number of benzene rings is 1. The molecule has 0 fully saturated rings. The highest BCUT2D eigenvalue weighted by Crippen LogP contribution is 2.09. The molecule has 0 spiro atoms. The zero-order chi connectivity index (χ0) is 32.6. The minimum atomic E-state index is -0.829. The van der Waals surface area contributed by atoms with Gasteiger partial charge in [-0.05, 0) is 29.2 Å². The summed E-state index contributed by atoms with van der Waals surface area (Å²) >= 11 is 0. The average Bonchev–Trinajstić information content (AvgIpc) is 2.95.